The van der Waals surface area contributed by atoms with E-state index in [9.17, 15) is 0 Å². The average Bonchev–Trinajstić information content (AvgIpc) is 2.37. The fourth-order valence-electron chi connectivity index (χ4n) is 1.92. The Bertz CT molecular complexity index is 565. The molecule has 0 aliphatic heterocycles. The van der Waals surface area contributed by atoms with Crippen LogP contribution >= 0.6 is 0 Å². The molecule has 2 aromatic heterocycles. The van der Waals surface area contributed by atoms with Crippen LogP contribution in [0.4, 0.5) is 5.82 Å². The molecule has 0 spiro atoms. The van der Waals surface area contributed by atoms with Crippen LogP contribution in [0.2, 0.25) is 0 Å². The predicted molar refractivity (Wildman–Crippen MR) is 71.5 cm³/mol. The Morgan fingerprint density at radius 3 is 2.56 bits per heavy atom. The Morgan fingerprint density at radius 1 is 1.17 bits per heavy atom. The van der Waals surface area contributed by atoms with Gasteiger partial charge in [-0.3, -0.25) is 0 Å². The van der Waals surface area contributed by atoms with E-state index >= 15 is 0 Å². The molecule has 0 aromatic carbocycles. The number of aromatic nitrogens is 4. The summed E-state index contributed by atoms with van der Waals surface area (Å²) >= 11 is 0. The summed E-state index contributed by atoms with van der Waals surface area (Å²) in [5.41, 5.74) is 2.89. The number of hydrogen-bond donors (Lipinski definition) is 1. The molecule has 5 heteroatoms. The second-order valence-corrected chi connectivity index (χ2v) is 4.05. The Hall–Kier alpha value is -2.04. The van der Waals surface area contributed by atoms with Gasteiger partial charge in [-0.1, -0.05) is 6.92 Å². The molecule has 0 bridgehead atoms. The summed E-state index contributed by atoms with van der Waals surface area (Å²) in [6.07, 6.45) is 2.63. The fourth-order valence-corrected chi connectivity index (χ4v) is 1.92. The molecular weight excluding hydrogens is 226 g/mol. The van der Waals surface area contributed by atoms with Gasteiger partial charge >= 0.3 is 0 Å². The molecule has 0 unspecified atom stereocenters. The van der Waals surface area contributed by atoms with Gasteiger partial charge in [0.15, 0.2) is 5.82 Å². The van der Waals surface area contributed by atoms with Crippen LogP contribution in [0.15, 0.2) is 12.3 Å². The van der Waals surface area contributed by atoms with Gasteiger partial charge in [-0.25, -0.2) is 19.9 Å². The molecule has 0 radical (unpaired) electrons. The Kier molecular flexibility index (Phi) is 3.50. The van der Waals surface area contributed by atoms with Crippen LogP contribution < -0.4 is 5.32 Å². The molecular formula is C13H17N5. The van der Waals surface area contributed by atoms with Gasteiger partial charge in [0.2, 0.25) is 0 Å². The third-order valence-electron chi connectivity index (χ3n) is 2.81. The monoisotopic (exact) mass is 243 g/mol. The second kappa shape index (κ2) is 5.08. The minimum atomic E-state index is 0.638. The van der Waals surface area contributed by atoms with Gasteiger partial charge < -0.3 is 5.32 Å². The van der Waals surface area contributed by atoms with Crippen LogP contribution in [-0.2, 0) is 6.42 Å². The van der Waals surface area contributed by atoms with Crippen molar-refractivity contribution in [1.29, 1.82) is 0 Å². The standard InChI is InChI=1S/C13H17N5/c1-5-10-8(2)16-13(18-12(10)14-4)11-6-7-15-9(3)17-11/h6-7H,5H2,1-4H3,(H,14,16,18). The number of nitrogens with zero attached hydrogens (tertiary/aromatic N) is 4. The van der Waals surface area contributed by atoms with Crippen molar-refractivity contribution < 1.29 is 0 Å². The van der Waals surface area contributed by atoms with Crippen molar-refractivity contribution in [3.8, 4) is 11.5 Å². The zero-order valence-electron chi connectivity index (χ0n) is 11.2. The first kappa shape index (κ1) is 12.4. The molecule has 0 saturated heterocycles. The predicted octanol–water partition coefficient (Wildman–Crippen LogP) is 2.15. The summed E-state index contributed by atoms with van der Waals surface area (Å²) in [5.74, 6) is 2.23. The highest BCUT2D eigenvalue weighted by Crippen LogP contribution is 2.21. The van der Waals surface area contributed by atoms with Crippen molar-refractivity contribution in [2.24, 2.45) is 0 Å². The van der Waals surface area contributed by atoms with Gasteiger partial charge in [-0.05, 0) is 26.3 Å². The van der Waals surface area contributed by atoms with Gasteiger partial charge in [-0.2, -0.15) is 0 Å². The van der Waals surface area contributed by atoms with Crippen LogP contribution in [0, 0.1) is 13.8 Å². The van der Waals surface area contributed by atoms with Crippen molar-refractivity contribution in [2.75, 3.05) is 12.4 Å². The lowest BCUT2D eigenvalue weighted by molar-refractivity contribution is 0.981. The van der Waals surface area contributed by atoms with E-state index in [1.807, 2.05) is 27.0 Å². The third-order valence-corrected chi connectivity index (χ3v) is 2.81. The maximum absolute atomic E-state index is 4.52. The quantitative estimate of drug-likeness (QED) is 0.895. The van der Waals surface area contributed by atoms with E-state index in [0.717, 1.165) is 35.0 Å². The highest BCUT2D eigenvalue weighted by atomic mass is 15.0. The summed E-state index contributed by atoms with van der Waals surface area (Å²) in [5, 5.41) is 3.12. The largest absolute Gasteiger partial charge is 0.373 e. The molecule has 0 fully saturated rings. The van der Waals surface area contributed by atoms with E-state index in [2.05, 4.69) is 32.2 Å². The molecule has 0 amide bonds. The normalized spacial score (nSPS) is 10.4. The number of rotatable bonds is 3. The smallest absolute Gasteiger partial charge is 0.180 e. The first-order valence-corrected chi connectivity index (χ1v) is 6.01. The van der Waals surface area contributed by atoms with Gasteiger partial charge in [0.25, 0.3) is 0 Å². The lowest BCUT2D eigenvalue weighted by Gasteiger charge is -2.11. The van der Waals surface area contributed by atoms with E-state index in [1.54, 1.807) is 6.20 Å². The van der Waals surface area contributed by atoms with Gasteiger partial charge in [0.05, 0.1) is 0 Å². The highest BCUT2D eigenvalue weighted by molar-refractivity contribution is 5.56. The van der Waals surface area contributed by atoms with Crippen LogP contribution in [0.5, 0.6) is 0 Å². The summed E-state index contributed by atoms with van der Waals surface area (Å²) in [7, 11) is 1.87. The van der Waals surface area contributed by atoms with Crippen molar-refractivity contribution in [2.45, 2.75) is 27.2 Å². The summed E-state index contributed by atoms with van der Waals surface area (Å²) < 4.78 is 0. The Balaban J connectivity index is 2.56. The van der Waals surface area contributed by atoms with E-state index in [-0.39, 0.29) is 0 Å². The van der Waals surface area contributed by atoms with Crippen LogP contribution in [-0.4, -0.2) is 27.0 Å². The number of nitrogens with one attached hydrogen (secondary N) is 1. The molecule has 5 nitrogen and oxygen atoms in total. The summed E-state index contributed by atoms with van der Waals surface area (Å²) in [6, 6.07) is 1.83. The van der Waals surface area contributed by atoms with Gasteiger partial charge in [0.1, 0.15) is 17.3 Å². The van der Waals surface area contributed by atoms with Gasteiger partial charge in [-0.15, -0.1) is 0 Å². The second-order valence-electron chi connectivity index (χ2n) is 4.05. The SMILES string of the molecule is CCc1c(C)nc(-c2ccnc(C)n2)nc1NC. The van der Waals surface area contributed by atoms with Crippen molar-refractivity contribution in [1.82, 2.24) is 19.9 Å². The molecule has 2 heterocycles. The molecule has 1 N–H and O–H groups in total. The number of aryl methyl sites for hydroxylation is 2. The topological polar surface area (TPSA) is 63.6 Å². The van der Waals surface area contributed by atoms with Crippen LogP contribution in [0.25, 0.3) is 11.5 Å². The van der Waals surface area contributed by atoms with Crippen LogP contribution in [0.3, 0.4) is 0 Å². The van der Waals surface area contributed by atoms with E-state index < -0.39 is 0 Å². The first-order chi connectivity index (χ1) is 8.65. The van der Waals surface area contributed by atoms with E-state index in [1.165, 1.54) is 0 Å². The maximum Gasteiger partial charge on any atom is 0.180 e. The molecule has 94 valence electrons. The highest BCUT2D eigenvalue weighted by Gasteiger charge is 2.11. The van der Waals surface area contributed by atoms with Crippen molar-refractivity contribution in [3.63, 3.8) is 0 Å². The van der Waals surface area contributed by atoms with Crippen molar-refractivity contribution in [3.05, 3.63) is 29.3 Å². The maximum atomic E-state index is 4.52. The molecule has 0 saturated carbocycles. The zero-order valence-corrected chi connectivity index (χ0v) is 11.2. The zero-order chi connectivity index (χ0) is 13.1. The third kappa shape index (κ3) is 2.30. The average molecular weight is 243 g/mol. The minimum Gasteiger partial charge on any atom is -0.373 e. The van der Waals surface area contributed by atoms with E-state index in [0.29, 0.717) is 5.82 Å². The fraction of sp³-hybridized carbons (Fsp3) is 0.385. The molecule has 0 aliphatic rings. The molecule has 2 aromatic rings. The molecule has 0 atom stereocenters. The molecule has 0 aliphatic carbocycles. The van der Waals surface area contributed by atoms with Crippen LogP contribution in [0.1, 0.15) is 24.0 Å². The number of anilines is 1. The van der Waals surface area contributed by atoms with Crippen molar-refractivity contribution >= 4 is 5.82 Å². The first-order valence-electron chi connectivity index (χ1n) is 6.01. The summed E-state index contributed by atoms with van der Waals surface area (Å²) in [4.78, 5) is 17.5. The lowest BCUT2D eigenvalue weighted by atomic mass is 10.1. The Labute approximate surface area is 107 Å². The lowest BCUT2D eigenvalue weighted by Crippen LogP contribution is -2.06. The summed E-state index contributed by atoms with van der Waals surface area (Å²) in [6.45, 7) is 5.95. The minimum absolute atomic E-state index is 0.638. The Morgan fingerprint density at radius 2 is 1.94 bits per heavy atom. The van der Waals surface area contributed by atoms with Gasteiger partial charge in [0, 0.05) is 24.5 Å². The molecule has 2 rings (SSSR count). The van der Waals surface area contributed by atoms with E-state index in [4.69, 9.17) is 0 Å². The molecule has 18 heavy (non-hydrogen) atoms. The number of hydrogen-bond acceptors (Lipinski definition) is 5.